The lowest BCUT2D eigenvalue weighted by Crippen LogP contribution is -2.39. The van der Waals surface area contributed by atoms with Gasteiger partial charge in [-0.3, -0.25) is 4.79 Å². The summed E-state index contributed by atoms with van der Waals surface area (Å²) in [4.78, 5) is 13.9. The van der Waals surface area contributed by atoms with E-state index >= 15 is 0 Å². The molecule has 1 atom stereocenters. The predicted molar refractivity (Wildman–Crippen MR) is 61.1 cm³/mol. The van der Waals surface area contributed by atoms with Gasteiger partial charge in [0, 0.05) is 26.8 Å². The first-order valence-corrected chi connectivity index (χ1v) is 5.85. The normalized spacial score (nSPS) is 20.0. The third-order valence-electron chi connectivity index (χ3n) is 2.79. The van der Waals surface area contributed by atoms with Crippen molar-refractivity contribution in [2.45, 2.75) is 12.8 Å². The van der Waals surface area contributed by atoms with Gasteiger partial charge in [-0.2, -0.15) is 0 Å². The van der Waals surface area contributed by atoms with Crippen molar-refractivity contribution in [3.63, 3.8) is 0 Å². The van der Waals surface area contributed by atoms with Crippen molar-refractivity contribution < 1.29 is 14.3 Å². The highest BCUT2D eigenvalue weighted by Gasteiger charge is 2.27. The second-order valence-electron chi connectivity index (χ2n) is 4.02. The van der Waals surface area contributed by atoms with Crippen molar-refractivity contribution in [2.75, 3.05) is 46.6 Å². The van der Waals surface area contributed by atoms with Crippen LogP contribution in [0.4, 0.5) is 0 Å². The summed E-state index contributed by atoms with van der Waals surface area (Å²) in [6.45, 7) is 3.80. The maximum Gasteiger partial charge on any atom is 0.228 e. The van der Waals surface area contributed by atoms with E-state index in [-0.39, 0.29) is 11.8 Å². The summed E-state index contributed by atoms with van der Waals surface area (Å²) in [5.74, 6) is 0.220. The number of carbonyl (C=O) groups is 1. The van der Waals surface area contributed by atoms with Crippen LogP contribution >= 0.6 is 0 Å². The van der Waals surface area contributed by atoms with Crippen LogP contribution in [0.2, 0.25) is 0 Å². The van der Waals surface area contributed by atoms with Crippen LogP contribution in [0.15, 0.2) is 0 Å². The van der Waals surface area contributed by atoms with E-state index in [1.165, 1.54) is 0 Å². The van der Waals surface area contributed by atoms with E-state index in [4.69, 9.17) is 15.2 Å². The monoisotopic (exact) mass is 230 g/mol. The summed E-state index contributed by atoms with van der Waals surface area (Å²) < 4.78 is 10.2. The van der Waals surface area contributed by atoms with Gasteiger partial charge in [-0.1, -0.05) is 0 Å². The van der Waals surface area contributed by atoms with E-state index < -0.39 is 0 Å². The molecule has 0 aromatic heterocycles. The Balaban J connectivity index is 2.41. The highest BCUT2D eigenvalue weighted by molar-refractivity contribution is 5.79. The van der Waals surface area contributed by atoms with Crippen molar-refractivity contribution in [1.82, 2.24) is 4.90 Å². The summed E-state index contributed by atoms with van der Waals surface area (Å²) in [7, 11) is 1.64. The fourth-order valence-corrected chi connectivity index (χ4v) is 1.80. The Hall–Kier alpha value is -0.650. The molecule has 0 aromatic rings. The second kappa shape index (κ2) is 7.60. The zero-order chi connectivity index (χ0) is 11.8. The SMILES string of the molecule is COCCN(CCCN)C(=O)C1CCOC1. The van der Waals surface area contributed by atoms with Crippen molar-refractivity contribution in [3.05, 3.63) is 0 Å². The number of hydrogen-bond donors (Lipinski definition) is 1. The minimum atomic E-state index is 0.0367. The number of nitrogens with zero attached hydrogens (tertiary/aromatic N) is 1. The largest absolute Gasteiger partial charge is 0.383 e. The number of hydrogen-bond acceptors (Lipinski definition) is 4. The molecule has 5 nitrogen and oxygen atoms in total. The highest BCUT2D eigenvalue weighted by Crippen LogP contribution is 2.15. The first kappa shape index (κ1) is 13.4. The zero-order valence-electron chi connectivity index (χ0n) is 9.98. The second-order valence-corrected chi connectivity index (χ2v) is 4.02. The van der Waals surface area contributed by atoms with Gasteiger partial charge in [-0.05, 0) is 19.4 Å². The highest BCUT2D eigenvalue weighted by atomic mass is 16.5. The van der Waals surface area contributed by atoms with Gasteiger partial charge in [0.1, 0.15) is 0 Å². The van der Waals surface area contributed by atoms with Crippen molar-refractivity contribution in [1.29, 1.82) is 0 Å². The number of nitrogens with two attached hydrogens (primary N) is 1. The molecule has 0 radical (unpaired) electrons. The van der Waals surface area contributed by atoms with E-state index in [0.29, 0.717) is 32.9 Å². The quantitative estimate of drug-likeness (QED) is 0.660. The van der Waals surface area contributed by atoms with Gasteiger partial charge in [-0.25, -0.2) is 0 Å². The van der Waals surface area contributed by atoms with Crippen LogP contribution in [0.25, 0.3) is 0 Å². The Morgan fingerprint density at radius 3 is 2.94 bits per heavy atom. The van der Waals surface area contributed by atoms with Gasteiger partial charge in [0.2, 0.25) is 5.91 Å². The molecule has 94 valence electrons. The average Bonchev–Trinajstić information content (AvgIpc) is 2.82. The first-order valence-electron chi connectivity index (χ1n) is 5.85. The van der Waals surface area contributed by atoms with Crippen molar-refractivity contribution in [2.24, 2.45) is 11.7 Å². The van der Waals surface area contributed by atoms with Crippen LogP contribution in [0.1, 0.15) is 12.8 Å². The fourth-order valence-electron chi connectivity index (χ4n) is 1.80. The maximum atomic E-state index is 12.1. The van der Waals surface area contributed by atoms with E-state index in [0.717, 1.165) is 19.4 Å². The molecule has 1 amide bonds. The average molecular weight is 230 g/mol. The Morgan fingerprint density at radius 2 is 2.38 bits per heavy atom. The minimum Gasteiger partial charge on any atom is -0.383 e. The maximum absolute atomic E-state index is 12.1. The van der Waals surface area contributed by atoms with Crippen LogP contribution in [0, 0.1) is 5.92 Å². The summed E-state index contributed by atoms with van der Waals surface area (Å²) in [5, 5.41) is 0. The molecule has 0 bridgehead atoms. The van der Waals surface area contributed by atoms with E-state index in [2.05, 4.69) is 0 Å². The molecule has 0 spiro atoms. The minimum absolute atomic E-state index is 0.0367. The van der Waals surface area contributed by atoms with E-state index in [1.807, 2.05) is 4.90 Å². The molecule has 1 rings (SSSR count). The lowest BCUT2D eigenvalue weighted by molar-refractivity contribution is -0.136. The van der Waals surface area contributed by atoms with Gasteiger partial charge in [0.25, 0.3) is 0 Å². The number of carbonyl (C=O) groups excluding carboxylic acids is 1. The first-order chi connectivity index (χ1) is 7.79. The number of amides is 1. The number of rotatable bonds is 7. The third kappa shape index (κ3) is 4.08. The zero-order valence-corrected chi connectivity index (χ0v) is 9.98. The standard InChI is InChI=1S/C11H22N2O3/c1-15-8-6-13(5-2-4-12)11(14)10-3-7-16-9-10/h10H,2-9,12H2,1H3. The summed E-state index contributed by atoms with van der Waals surface area (Å²) in [5.41, 5.74) is 5.47. The third-order valence-corrected chi connectivity index (χ3v) is 2.79. The molecule has 1 unspecified atom stereocenters. The number of ether oxygens (including phenoxy) is 2. The molecule has 1 heterocycles. The smallest absolute Gasteiger partial charge is 0.228 e. The topological polar surface area (TPSA) is 64.8 Å². The molecule has 5 heteroatoms. The van der Waals surface area contributed by atoms with E-state index in [1.54, 1.807) is 7.11 Å². The van der Waals surface area contributed by atoms with Crippen LogP contribution in [-0.4, -0.2) is 57.4 Å². The summed E-state index contributed by atoms with van der Waals surface area (Å²) in [6.07, 6.45) is 1.67. The van der Waals surface area contributed by atoms with Gasteiger partial charge >= 0.3 is 0 Å². The lowest BCUT2D eigenvalue weighted by Gasteiger charge is -2.24. The Kier molecular flexibility index (Phi) is 6.37. The molecular weight excluding hydrogens is 208 g/mol. The molecule has 1 aliphatic rings. The van der Waals surface area contributed by atoms with Gasteiger partial charge in [-0.15, -0.1) is 0 Å². The van der Waals surface area contributed by atoms with Gasteiger partial charge in [0.05, 0.1) is 19.1 Å². The lowest BCUT2D eigenvalue weighted by atomic mass is 10.1. The molecule has 16 heavy (non-hydrogen) atoms. The Morgan fingerprint density at radius 1 is 1.56 bits per heavy atom. The van der Waals surface area contributed by atoms with Crippen molar-refractivity contribution >= 4 is 5.91 Å². The number of methoxy groups -OCH3 is 1. The van der Waals surface area contributed by atoms with Gasteiger partial charge < -0.3 is 20.1 Å². The molecule has 2 N–H and O–H groups in total. The predicted octanol–water partition coefficient (Wildman–Crippen LogP) is -0.153. The van der Waals surface area contributed by atoms with Crippen molar-refractivity contribution in [3.8, 4) is 0 Å². The molecular formula is C11H22N2O3. The fraction of sp³-hybridized carbons (Fsp3) is 0.909. The van der Waals surface area contributed by atoms with E-state index in [9.17, 15) is 4.79 Å². The molecule has 0 saturated carbocycles. The summed E-state index contributed by atoms with van der Waals surface area (Å²) >= 11 is 0. The van der Waals surface area contributed by atoms with Gasteiger partial charge in [0.15, 0.2) is 0 Å². The Bertz CT molecular complexity index is 197. The van der Waals surface area contributed by atoms with Crippen LogP contribution in [0.3, 0.4) is 0 Å². The molecule has 1 fully saturated rings. The Labute approximate surface area is 96.9 Å². The van der Waals surface area contributed by atoms with Crippen LogP contribution in [-0.2, 0) is 14.3 Å². The molecule has 1 aliphatic heterocycles. The molecule has 0 aromatic carbocycles. The van der Waals surface area contributed by atoms with Crippen LogP contribution in [0.5, 0.6) is 0 Å². The summed E-state index contributed by atoms with van der Waals surface area (Å²) in [6, 6.07) is 0. The molecule has 0 aliphatic carbocycles. The molecule has 1 saturated heterocycles. The van der Waals surface area contributed by atoms with Crippen LogP contribution < -0.4 is 5.73 Å².